The Morgan fingerprint density at radius 1 is 1.23 bits per heavy atom. The quantitative estimate of drug-likeness (QED) is 0.905. The molecule has 0 saturated heterocycles. The zero-order chi connectivity index (χ0) is 16.3. The van der Waals surface area contributed by atoms with Crippen molar-refractivity contribution in [2.45, 2.75) is 33.2 Å². The fraction of sp³-hybridized carbons (Fsp3) is 0.312. The number of rotatable bonds is 3. The molecule has 2 rings (SSSR count). The molecular weight excluding hydrogens is 300 g/mol. The third-order valence-corrected chi connectivity index (χ3v) is 3.30. The van der Waals surface area contributed by atoms with Gasteiger partial charge >= 0.3 is 0 Å². The first kappa shape index (κ1) is 16.2. The van der Waals surface area contributed by atoms with Crippen LogP contribution in [0.1, 0.15) is 36.8 Å². The van der Waals surface area contributed by atoms with Crippen molar-refractivity contribution in [1.29, 1.82) is 0 Å². The standard InChI is InChI=1S/C16H19ClN4O/c1-10-11(17)6-5-7-12(10)19-15-18-9-8-13(20-15)14(22)21-16(2,3)4/h5-9H,1-4H3,(H,21,22)(H,18,19,20). The third-order valence-electron chi connectivity index (χ3n) is 2.89. The minimum absolute atomic E-state index is 0.235. The van der Waals surface area contributed by atoms with Gasteiger partial charge in [-0.3, -0.25) is 4.79 Å². The zero-order valence-corrected chi connectivity index (χ0v) is 13.8. The number of aromatic nitrogens is 2. The van der Waals surface area contributed by atoms with Gasteiger partial charge in [0, 0.05) is 22.4 Å². The maximum atomic E-state index is 12.1. The summed E-state index contributed by atoms with van der Waals surface area (Å²) in [5.41, 5.74) is 1.70. The van der Waals surface area contributed by atoms with Crippen LogP contribution in [0.4, 0.5) is 11.6 Å². The number of benzene rings is 1. The summed E-state index contributed by atoms with van der Waals surface area (Å²) in [5, 5.41) is 6.61. The molecule has 22 heavy (non-hydrogen) atoms. The van der Waals surface area contributed by atoms with Crippen molar-refractivity contribution >= 4 is 29.1 Å². The molecule has 1 heterocycles. The normalized spacial score (nSPS) is 11.1. The van der Waals surface area contributed by atoms with Crippen molar-refractivity contribution in [3.8, 4) is 0 Å². The van der Waals surface area contributed by atoms with E-state index in [0.29, 0.717) is 16.7 Å². The summed E-state index contributed by atoms with van der Waals surface area (Å²) in [6, 6.07) is 7.12. The smallest absolute Gasteiger partial charge is 0.270 e. The van der Waals surface area contributed by atoms with Crippen LogP contribution in [0.3, 0.4) is 0 Å². The molecule has 1 amide bonds. The van der Waals surface area contributed by atoms with Crippen LogP contribution in [0.5, 0.6) is 0 Å². The number of carbonyl (C=O) groups excluding carboxylic acids is 1. The number of amides is 1. The van der Waals surface area contributed by atoms with Gasteiger partial charge in [-0.05, 0) is 51.5 Å². The average Bonchev–Trinajstić information content (AvgIpc) is 2.42. The molecule has 5 nitrogen and oxygen atoms in total. The Morgan fingerprint density at radius 3 is 2.64 bits per heavy atom. The highest BCUT2D eigenvalue weighted by molar-refractivity contribution is 6.31. The molecule has 1 aromatic heterocycles. The Labute approximate surface area is 135 Å². The van der Waals surface area contributed by atoms with Crippen molar-refractivity contribution in [3.05, 3.63) is 46.7 Å². The summed E-state index contributed by atoms with van der Waals surface area (Å²) < 4.78 is 0. The molecule has 0 aliphatic heterocycles. The third kappa shape index (κ3) is 4.18. The van der Waals surface area contributed by atoms with Crippen LogP contribution in [0.25, 0.3) is 0 Å². The number of nitrogens with one attached hydrogen (secondary N) is 2. The first-order chi connectivity index (χ1) is 10.3. The van der Waals surface area contributed by atoms with Gasteiger partial charge < -0.3 is 10.6 Å². The van der Waals surface area contributed by atoms with Crippen LogP contribution in [-0.2, 0) is 0 Å². The van der Waals surface area contributed by atoms with Gasteiger partial charge in [0.05, 0.1) is 0 Å². The largest absolute Gasteiger partial charge is 0.346 e. The summed E-state index contributed by atoms with van der Waals surface area (Å²) in [4.78, 5) is 20.5. The summed E-state index contributed by atoms with van der Waals surface area (Å²) in [5.74, 6) is 0.118. The van der Waals surface area contributed by atoms with Crippen molar-refractivity contribution in [1.82, 2.24) is 15.3 Å². The Hall–Kier alpha value is -2.14. The van der Waals surface area contributed by atoms with E-state index in [1.54, 1.807) is 12.3 Å². The highest BCUT2D eigenvalue weighted by Gasteiger charge is 2.17. The second kappa shape index (κ2) is 6.32. The maximum absolute atomic E-state index is 12.1. The number of nitrogens with zero attached hydrogens (tertiary/aromatic N) is 2. The van der Waals surface area contributed by atoms with Crippen molar-refractivity contribution in [2.75, 3.05) is 5.32 Å². The average molecular weight is 319 g/mol. The number of halogens is 1. The van der Waals surface area contributed by atoms with Crippen LogP contribution in [0.2, 0.25) is 5.02 Å². The Morgan fingerprint density at radius 2 is 1.95 bits per heavy atom. The maximum Gasteiger partial charge on any atom is 0.270 e. The van der Waals surface area contributed by atoms with E-state index in [4.69, 9.17) is 11.6 Å². The Kier molecular flexibility index (Phi) is 4.66. The predicted octanol–water partition coefficient (Wildman–Crippen LogP) is 3.71. The summed E-state index contributed by atoms with van der Waals surface area (Å²) in [7, 11) is 0. The molecule has 6 heteroatoms. The fourth-order valence-corrected chi connectivity index (χ4v) is 1.99. The van der Waals surface area contributed by atoms with Gasteiger partial charge in [0.25, 0.3) is 5.91 Å². The van der Waals surface area contributed by atoms with E-state index >= 15 is 0 Å². The summed E-state index contributed by atoms with van der Waals surface area (Å²) in [6.07, 6.45) is 1.55. The minimum atomic E-state index is -0.320. The van der Waals surface area contributed by atoms with Crippen LogP contribution < -0.4 is 10.6 Å². The molecule has 0 unspecified atom stereocenters. The number of carbonyl (C=O) groups is 1. The molecule has 0 fully saturated rings. The Balaban J connectivity index is 2.22. The van der Waals surface area contributed by atoms with E-state index in [0.717, 1.165) is 11.3 Å². The molecule has 0 radical (unpaired) electrons. The molecule has 0 atom stereocenters. The fourth-order valence-electron chi connectivity index (χ4n) is 1.81. The van der Waals surface area contributed by atoms with E-state index in [9.17, 15) is 4.79 Å². The van der Waals surface area contributed by atoms with E-state index in [2.05, 4.69) is 20.6 Å². The second-order valence-corrected chi connectivity index (χ2v) is 6.41. The molecule has 0 spiro atoms. The number of hydrogen-bond donors (Lipinski definition) is 2. The van der Waals surface area contributed by atoms with Gasteiger partial charge in [-0.25, -0.2) is 9.97 Å². The van der Waals surface area contributed by atoms with Gasteiger partial charge in [-0.1, -0.05) is 17.7 Å². The topological polar surface area (TPSA) is 66.9 Å². The lowest BCUT2D eigenvalue weighted by Crippen LogP contribution is -2.41. The monoisotopic (exact) mass is 318 g/mol. The summed E-state index contributed by atoms with van der Waals surface area (Å²) >= 11 is 6.09. The first-order valence-corrected chi connectivity index (χ1v) is 7.32. The van der Waals surface area contributed by atoms with Gasteiger partial charge in [0.1, 0.15) is 5.69 Å². The number of anilines is 2. The lowest BCUT2D eigenvalue weighted by atomic mass is 10.1. The van der Waals surface area contributed by atoms with Crippen LogP contribution >= 0.6 is 11.6 Å². The molecule has 1 aromatic carbocycles. The molecule has 0 bridgehead atoms. The van der Waals surface area contributed by atoms with Crippen LogP contribution in [0, 0.1) is 6.92 Å². The molecule has 2 aromatic rings. The lowest BCUT2D eigenvalue weighted by molar-refractivity contribution is 0.0914. The lowest BCUT2D eigenvalue weighted by Gasteiger charge is -2.20. The molecule has 0 aliphatic carbocycles. The number of hydrogen-bond acceptors (Lipinski definition) is 4. The first-order valence-electron chi connectivity index (χ1n) is 6.94. The highest BCUT2D eigenvalue weighted by atomic mass is 35.5. The van der Waals surface area contributed by atoms with Crippen molar-refractivity contribution in [2.24, 2.45) is 0 Å². The molecule has 0 aliphatic rings. The summed E-state index contributed by atoms with van der Waals surface area (Å²) in [6.45, 7) is 7.66. The molecular formula is C16H19ClN4O. The van der Waals surface area contributed by atoms with E-state index in [1.807, 2.05) is 45.9 Å². The predicted molar refractivity (Wildman–Crippen MR) is 88.7 cm³/mol. The zero-order valence-electron chi connectivity index (χ0n) is 13.1. The molecule has 116 valence electrons. The van der Waals surface area contributed by atoms with Gasteiger partial charge in [0.15, 0.2) is 0 Å². The van der Waals surface area contributed by atoms with Gasteiger partial charge in [0.2, 0.25) is 5.95 Å². The van der Waals surface area contributed by atoms with E-state index in [-0.39, 0.29) is 11.4 Å². The van der Waals surface area contributed by atoms with Crippen LogP contribution in [-0.4, -0.2) is 21.4 Å². The Bertz CT molecular complexity index is 695. The van der Waals surface area contributed by atoms with Gasteiger partial charge in [-0.2, -0.15) is 0 Å². The van der Waals surface area contributed by atoms with E-state index in [1.165, 1.54) is 0 Å². The van der Waals surface area contributed by atoms with Crippen LogP contribution in [0.15, 0.2) is 30.5 Å². The SMILES string of the molecule is Cc1c(Cl)cccc1Nc1nccc(C(=O)NC(C)(C)C)n1. The molecule has 2 N–H and O–H groups in total. The van der Waals surface area contributed by atoms with Gasteiger partial charge in [-0.15, -0.1) is 0 Å². The highest BCUT2D eigenvalue weighted by Crippen LogP contribution is 2.24. The second-order valence-electron chi connectivity index (χ2n) is 6.01. The molecule has 0 saturated carbocycles. The van der Waals surface area contributed by atoms with Crippen molar-refractivity contribution in [3.63, 3.8) is 0 Å². The van der Waals surface area contributed by atoms with Crippen molar-refractivity contribution < 1.29 is 4.79 Å². The minimum Gasteiger partial charge on any atom is -0.346 e. The van der Waals surface area contributed by atoms with E-state index < -0.39 is 0 Å².